The highest BCUT2D eigenvalue weighted by Gasteiger charge is 2.44. The van der Waals surface area contributed by atoms with Crippen LogP contribution in [0.25, 0.3) is 0 Å². The Labute approximate surface area is 160 Å². The number of piperidine rings is 1. The second-order valence-corrected chi connectivity index (χ2v) is 7.72. The zero-order chi connectivity index (χ0) is 18.9. The maximum Gasteiger partial charge on any atom is 0.255 e. The number of benzene rings is 1. The molecule has 5 nitrogen and oxygen atoms in total. The van der Waals surface area contributed by atoms with Crippen LogP contribution in [-0.2, 0) is 4.74 Å². The van der Waals surface area contributed by atoms with Gasteiger partial charge in [-0.3, -0.25) is 9.78 Å². The number of pyridine rings is 1. The normalized spacial score (nSPS) is 24.7. The smallest absolute Gasteiger partial charge is 0.255 e. The van der Waals surface area contributed by atoms with Crippen LogP contribution in [0.1, 0.15) is 53.4 Å². The molecular formula is C22H26N2O3. The van der Waals surface area contributed by atoms with Crippen molar-refractivity contribution in [1.29, 1.82) is 0 Å². The summed E-state index contributed by atoms with van der Waals surface area (Å²) < 4.78 is 6.52. The third-order valence-corrected chi connectivity index (χ3v) is 5.86. The molecular weight excluding hydrogens is 340 g/mol. The lowest BCUT2D eigenvalue weighted by Crippen LogP contribution is -2.52. The third-order valence-electron chi connectivity index (χ3n) is 5.86. The molecule has 1 aromatic carbocycles. The Kier molecular flexibility index (Phi) is 4.98. The Morgan fingerprint density at radius 1 is 1.19 bits per heavy atom. The largest absolute Gasteiger partial charge is 0.393 e. The minimum atomic E-state index is -0.369. The summed E-state index contributed by atoms with van der Waals surface area (Å²) >= 11 is 0. The molecule has 0 bridgehead atoms. The first-order valence-corrected chi connectivity index (χ1v) is 9.68. The fraction of sp³-hybridized carbons (Fsp3) is 0.455. The summed E-state index contributed by atoms with van der Waals surface area (Å²) in [6.45, 7) is 3.15. The lowest BCUT2D eigenvalue weighted by molar-refractivity contribution is -0.181. The van der Waals surface area contributed by atoms with Crippen molar-refractivity contribution < 1.29 is 14.6 Å². The van der Waals surface area contributed by atoms with Crippen LogP contribution in [0, 0.1) is 6.92 Å². The topological polar surface area (TPSA) is 62.7 Å². The molecule has 3 heterocycles. The number of ether oxygens (including phenoxy) is 1. The molecule has 27 heavy (non-hydrogen) atoms. The number of likely N-dealkylation sites (tertiary alicyclic amines) is 1. The van der Waals surface area contributed by atoms with E-state index in [9.17, 15) is 9.90 Å². The first-order chi connectivity index (χ1) is 13.1. The molecule has 0 radical (unpaired) electrons. The molecule has 1 aromatic heterocycles. The van der Waals surface area contributed by atoms with Crippen molar-refractivity contribution in [1.82, 2.24) is 9.88 Å². The first kappa shape index (κ1) is 18.1. The Morgan fingerprint density at radius 3 is 2.63 bits per heavy atom. The number of hydrogen-bond donors (Lipinski definition) is 1. The summed E-state index contributed by atoms with van der Waals surface area (Å²) in [5.74, 6) is 0.0337. The zero-order valence-electron chi connectivity index (χ0n) is 15.7. The van der Waals surface area contributed by atoms with Crippen LogP contribution in [0.4, 0.5) is 0 Å². The van der Waals surface area contributed by atoms with Gasteiger partial charge >= 0.3 is 0 Å². The van der Waals surface area contributed by atoms with Gasteiger partial charge in [0.1, 0.15) is 0 Å². The first-order valence-electron chi connectivity index (χ1n) is 9.68. The van der Waals surface area contributed by atoms with Crippen molar-refractivity contribution in [2.75, 3.05) is 13.1 Å². The summed E-state index contributed by atoms with van der Waals surface area (Å²) in [5.41, 5.74) is 2.19. The lowest BCUT2D eigenvalue weighted by atomic mass is 9.80. The van der Waals surface area contributed by atoms with Gasteiger partial charge in [-0.2, -0.15) is 0 Å². The molecule has 2 aliphatic rings. The highest BCUT2D eigenvalue weighted by Crippen LogP contribution is 2.43. The SMILES string of the molecule is Cc1ncccc1C(=O)N1CCC2(CC1)C[C@@H](O)C[C@H](c1ccccc1)O2. The molecule has 2 aromatic rings. The minimum absolute atomic E-state index is 0.0337. The molecule has 4 rings (SSSR count). The standard InChI is InChI=1S/C22H26N2O3/c1-16-19(8-5-11-23-16)21(26)24-12-9-22(10-13-24)15-18(25)14-20(27-22)17-6-3-2-4-7-17/h2-8,11,18,20,25H,9-10,12-15H2,1H3/t18-,20+/m0/s1. The van der Waals surface area contributed by atoms with Crippen LogP contribution >= 0.6 is 0 Å². The second-order valence-electron chi connectivity index (χ2n) is 7.72. The maximum atomic E-state index is 12.8. The summed E-state index contributed by atoms with van der Waals surface area (Å²) in [6, 6.07) is 13.7. The highest BCUT2D eigenvalue weighted by atomic mass is 16.5. The number of aryl methyl sites for hydroxylation is 1. The van der Waals surface area contributed by atoms with Crippen molar-refractivity contribution in [3.8, 4) is 0 Å². The Morgan fingerprint density at radius 2 is 1.93 bits per heavy atom. The van der Waals surface area contributed by atoms with E-state index in [1.54, 1.807) is 12.3 Å². The third kappa shape index (κ3) is 3.75. The van der Waals surface area contributed by atoms with E-state index >= 15 is 0 Å². The van der Waals surface area contributed by atoms with Crippen LogP contribution < -0.4 is 0 Å². The number of amides is 1. The molecule has 2 atom stereocenters. The van der Waals surface area contributed by atoms with Gasteiger partial charge in [-0.25, -0.2) is 0 Å². The summed E-state index contributed by atoms with van der Waals surface area (Å²) in [5, 5.41) is 10.5. The van der Waals surface area contributed by atoms with Crippen molar-refractivity contribution in [3.05, 3.63) is 65.5 Å². The average molecular weight is 366 g/mol. The van der Waals surface area contributed by atoms with Gasteiger partial charge in [0.25, 0.3) is 5.91 Å². The predicted molar refractivity (Wildman–Crippen MR) is 102 cm³/mol. The minimum Gasteiger partial charge on any atom is -0.393 e. The zero-order valence-corrected chi connectivity index (χ0v) is 15.7. The quantitative estimate of drug-likeness (QED) is 0.886. The molecule has 0 saturated carbocycles. The second kappa shape index (κ2) is 7.41. The van der Waals surface area contributed by atoms with Gasteiger partial charge in [0.05, 0.1) is 23.4 Å². The molecule has 1 amide bonds. The maximum absolute atomic E-state index is 12.8. The fourth-order valence-electron chi connectivity index (χ4n) is 4.35. The molecule has 142 valence electrons. The van der Waals surface area contributed by atoms with E-state index in [1.165, 1.54) is 0 Å². The van der Waals surface area contributed by atoms with E-state index in [0.717, 1.165) is 24.1 Å². The van der Waals surface area contributed by atoms with E-state index in [2.05, 4.69) is 17.1 Å². The van der Waals surface area contributed by atoms with Crippen LogP contribution in [0.15, 0.2) is 48.7 Å². The van der Waals surface area contributed by atoms with Crippen molar-refractivity contribution >= 4 is 5.91 Å². The molecule has 0 unspecified atom stereocenters. The number of aliphatic hydroxyl groups is 1. The number of carbonyl (C=O) groups excluding carboxylic acids is 1. The monoisotopic (exact) mass is 366 g/mol. The van der Waals surface area contributed by atoms with Crippen LogP contribution in [0.3, 0.4) is 0 Å². The molecule has 2 fully saturated rings. The molecule has 1 spiro atoms. The molecule has 0 aliphatic carbocycles. The van der Waals surface area contributed by atoms with Crippen LogP contribution in [0.2, 0.25) is 0 Å². The molecule has 5 heteroatoms. The average Bonchev–Trinajstić information content (AvgIpc) is 2.68. The molecule has 1 N–H and O–H groups in total. The van der Waals surface area contributed by atoms with E-state index < -0.39 is 0 Å². The van der Waals surface area contributed by atoms with Gasteiger partial charge in [0.2, 0.25) is 0 Å². The Hall–Kier alpha value is -2.24. The summed E-state index contributed by atoms with van der Waals surface area (Å²) in [4.78, 5) is 19.0. The van der Waals surface area contributed by atoms with E-state index in [0.29, 0.717) is 31.5 Å². The van der Waals surface area contributed by atoms with Gasteiger partial charge in [-0.15, -0.1) is 0 Å². The van der Waals surface area contributed by atoms with Crippen molar-refractivity contribution in [3.63, 3.8) is 0 Å². The van der Waals surface area contributed by atoms with Gasteiger partial charge in [0, 0.05) is 37.8 Å². The van der Waals surface area contributed by atoms with Gasteiger partial charge in [-0.05, 0) is 37.5 Å². The molecule has 2 saturated heterocycles. The summed E-state index contributed by atoms with van der Waals surface area (Å²) in [6.07, 6.45) is 4.02. The van der Waals surface area contributed by atoms with Gasteiger partial charge < -0.3 is 14.7 Å². The van der Waals surface area contributed by atoms with Gasteiger partial charge in [-0.1, -0.05) is 30.3 Å². The van der Waals surface area contributed by atoms with Gasteiger partial charge in [0.15, 0.2) is 0 Å². The Balaban J connectivity index is 1.46. The number of carbonyl (C=O) groups is 1. The highest BCUT2D eigenvalue weighted by molar-refractivity contribution is 5.95. The van der Waals surface area contributed by atoms with E-state index in [4.69, 9.17) is 4.74 Å². The van der Waals surface area contributed by atoms with Crippen LogP contribution in [0.5, 0.6) is 0 Å². The number of hydrogen-bond acceptors (Lipinski definition) is 4. The fourth-order valence-corrected chi connectivity index (χ4v) is 4.35. The number of nitrogens with zero attached hydrogens (tertiary/aromatic N) is 2. The number of aromatic nitrogens is 1. The van der Waals surface area contributed by atoms with E-state index in [1.807, 2.05) is 36.1 Å². The van der Waals surface area contributed by atoms with Crippen LogP contribution in [-0.4, -0.2) is 45.7 Å². The number of rotatable bonds is 2. The Bertz CT molecular complexity index is 800. The van der Waals surface area contributed by atoms with E-state index in [-0.39, 0.29) is 23.7 Å². The predicted octanol–water partition coefficient (Wildman–Crippen LogP) is 3.28. The lowest BCUT2D eigenvalue weighted by Gasteiger charge is -2.48. The molecule has 2 aliphatic heterocycles. The summed E-state index contributed by atoms with van der Waals surface area (Å²) in [7, 11) is 0. The van der Waals surface area contributed by atoms with Crippen molar-refractivity contribution in [2.24, 2.45) is 0 Å². The van der Waals surface area contributed by atoms with Crippen molar-refractivity contribution in [2.45, 2.75) is 50.4 Å². The number of aliphatic hydroxyl groups excluding tert-OH is 1.